The van der Waals surface area contributed by atoms with E-state index in [1.807, 2.05) is 13.8 Å². The van der Waals surface area contributed by atoms with Crippen molar-refractivity contribution in [1.82, 2.24) is 0 Å². The van der Waals surface area contributed by atoms with Crippen molar-refractivity contribution in [3.05, 3.63) is 28.2 Å². The van der Waals surface area contributed by atoms with E-state index in [2.05, 4.69) is 0 Å². The fourth-order valence-electron chi connectivity index (χ4n) is 1.41. The molecule has 2 nitrogen and oxygen atoms in total. The first kappa shape index (κ1) is 15.5. The highest BCUT2D eigenvalue weighted by Crippen LogP contribution is 2.28. The van der Waals surface area contributed by atoms with Crippen molar-refractivity contribution < 1.29 is 4.74 Å². The fourth-order valence-corrected chi connectivity index (χ4v) is 1.84. The molecule has 1 aromatic rings. The second-order valence-corrected chi connectivity index (χ2v) is 6.06. The molecule has 18 heavy (non-hydrogen) atoms. The zero-order valence-electron chi connectivity index (χ0n) is 10.5. The first-order valence-corrected chi connectivity index (χ1v) is 6.87. The topological polar surface area (TPSA) is 35.2 Å². The van der Waals surface area contributed by atoms with Gasteiger partial charge in [0.15, 0.2) is 0 Å². The van der Waals surface area contributed by atoms with Crippen molar-refractivity contribution in [2.75, 3.05) is 6.61 Å². The van der Waals surface area contributed by atoms with Crippen molar-refractivity contribution >= 4 is 40.4 Å². The lowest BCUT2D eigenvalue weighted by Gasteiger charge is -2.22. The van der Waals surface area contributed by atoms with Gasteiger partial charge in [0.1, 0.15) is 5.75 Å². The largest absolute Gasteiger partial charge is 0.492 e. The summed E-state index contributed by atoms with van der Waals surface area (Å²) in [6, 6.07) is 5.16. The Morgan fingerprint density at radius 1 is 1.39 bits per heavy atom. The normalized spacial score (nSPS) is 11.3. The molecule has 0 saturated carbocycles. The molecule has 0 aliphatic heterocycles. The molecule has 1 aromatic carbocycles. The molecule has 0 heterocycles. The third-order valence-corrected chi connectivity index (χ3v) is 3.86. The summed E-state index contributed by atoms with van der Waals surface area (Å²) in [5, 5.41) is 1.17. The minimum Gasteiger partial charge on any atom is -0.492 e. The highest BCUT2D eigenvalue weighted by atomic mass is 35.5. The highest BCUT2D eigenvalue weighted by molar-refractivity contribution is 7.80. The minimum absolute atomic E-state index is 0.142. The molecule has 0 aliphatic rings. The van der Waals surface area contributed by atoms with E-state index in [1.165, 1.54) is 0 Å². The summed E-state index contributed by atoms with van der Waals surface area (Å²) < 4.78 is 5.59. The summed E-state index contributed by atoms with van der Waals surface area (Å²) in [5.41, 5.74) is 5.52. The van der Waals surface area contributed by atoms with E-state index in [9.17, 15) is 0 Å². The molecule has 0 radical (unpaired) electrons. The van der Waals surface area contributed by atoms with Gasteiger partial charge >= 0.3 is 0 Å². The fraction of sp³-hybridized carbons (Fsp3) is 0.462. The van der Waals surface area contributed by atoms with Crippen LogP contribution in [-0.4, -0.2) is 11.6 Å². The Morgan fingerprint density at radius 2 is 2.06 bits per heavy atom. The van der Waals surface area contributed by atoms with Crippen LogP contribution in [0.5, 0.6) is 5.75 Å². The molecule has 100 valence electrons. The van der Waals surface area contributed by atoms with Crippen LogP contribution in [-0.2, 0) is 0 Å². The number of hydrogen-bond acceptors (Lipinski definition) is 2. The molecule has 0 amide bonds. The van der Waals surface area contributed by atoms with E-state index in [4.69, 9.17) is 45.9 Å². The van der Waals surface area contributed by atoms with E-state index >= 15 is 0 Å². The molecule has 0 spiro atoms. The zero-order chi connectivity index (χ0) is 13.8. The smallest absolute Gasteiger partial charge is 0.139 e. The minimum atomic E-state index is -0.142. The van der Waals surface area contributed by atoms with Gasteiger partial charge in [-0.1, -0.05) is 49.3 Å². The third kappa shape index (κ3) is 4.63. The van der Waals surface area contributed by atoms with Crippen LogP contribution in [0, 0.1) is 5.41 Å². The van der Waals surface area contributed by atoms with Crippen molar-refractivity contribution in [1.29, 1.82) is 0 Å². The average Bonchev–Trinajstić information content (AvgIpc) is 2.28. The van der Waals surface area contributed by atoms with Crippen molar-refractivity contribution in [2.24, 2.45) is 11.1 Å². The maximum Gasteiger partial charge on any atom is 0.139 e. The van der Waals surface area contributed by atoms with Gasteiger partial charge in [0, 0.05) is 16.5 Å². The molecule has 1 rings (SSSR count). The second kappa shape index (κ2) is 6.60. The Bertz CT molecular complexity index is 435. The summed E-state index contributed by atoms with van der Waals surface area (Å²) in [4.78, 5) is 0.531. The van der Waals surface area contributed by atoms with Gasteiger partial charge in [0.25, 0.3) is 0 Å². The van der Waals surface area contributed by atoms with Crippen LogP contribution in [0.2, 0.25) is 10.0 Å². The lowest BCUT2D eigenvalue weighted by Crippen LogP contribution is -2.30. The standard InChI is InChI=1S/C13H17Cl2NOS/c1-13(2,12(16)18)6-3-7-17-11-8-9(14)4-5-10(11)15/h4-5,8H,3,6-7H2,1-2H3,(H2,16,18). The van der Waals surface area contributed by atoms with Gasteiger partial charge in [-0.05, 0) is 25.0 Å². The van der Waals surface area contributed by atoms with Gasteiger partial charge in [-0.25, -0.2) is 0 Å². The summed E-state index contributed by atoms with van der Waals surface area (Å²) >= 11 is 16.9. The lowest BCUT2D eigenvalue weighted by molar-refractivity contribution is 0.288. The molecule has 0 bridgehead atoms. The summed E-state index contributed by atoms with van der Waals surface area (Å²) in [5.74, 6) is 0.609. The molecule has 5 heteroatoms. The quantitative estimate of drug-likeness (QED) is 0.622. The predicted octanol–water partition coefficient (Wildman–Crippen LogP) is 4.46. The molecular weight excluding hydrogens is 289 g/mol. The number of rotatable bonds is 6. The van der Waals surface area contributed by atoms with Gasteiger partial charge in [0.2, 0.25) is 0 Å². The number of thiocarbonyl (C=S) groups is 1. The van der Waals surface area contributed by atoms with E-state index in [1.54, 1.807) is 18.2 Å². The van der Waals surface area contributed by atoms with E-state index in [-0.39, 0.29) is 5.41 Å². The van der Waals surface area contributed by atoms with Gasteiger partial charge in [-0.2, -0.15) is 0 Å². The van der Waals surface area contributed by atoms with Crippen LogP contribution in [0.15, 0.2) is 18.2 Å². The number of ether oxygens (including phenoxy) is 1. The van der Waals surface area contributed by atoms with Crippen LogP contribution in [0.1, 0.15) is 26.7 Å². The van der Waals surface area contributed by atoms with Crippen LogP contribution in [0.3, 0.4) is 0 Å². The third-order valence-electron chi connectivity index (χ3n) is 2.76. The van der Waals surface area contributed by atoms with Crippen LogP contribution in [0.4, 0.5) is 0 Å². The SMILES string of the molecule is CC(C)(CCCOc1cc(Cl)ccc1Cl)C(N)=S. The molecule has 0 saturated heterocycles. The number of halogens is 2. The van der Waals surface area contributed by atoms with Crippen LogP contribution in [0.25, 0.3) is 0 Å². The predicted molar refractivity (Wildman–Crippen MR) is 81.8 cm³/mol. The first-order valence-electron chi connectivity index (χ1n) is 5.71. The first-order chi connectivity index (χ1) is 8.33. The number of benzene rings is 1. The summed E-state index contributed by atoms with van der Waals surface area (Å²) in [6.45, 7) is 4.62. The highest BCUT2D eigenvalue weighted by Gasteiger charge is 2.20. The van der Waals surface area contributed by atoms with E-state index < -0.39 is 0 Å². The number of hydrogen-bond donors (Lipinski definition) is 1. The number of nitrogens with two attached hydrogens (primary N) is 1. The monoisotopic (exact) mass is 305 g/mol. The van der Waals surface area contributed by atoms with Gasteiger partial charge in [0.05, 0.1) is 16.6 Å². The van der Waals surface area contributed by atoms with E-state index in [0.717, 1.165) is 12.8 Å². The molecule has 0 atom stereocenters. The van der Waals surface area contributed by atoms with Crippen LogP contribution < -0.4 is 10.5 Å². The lowest BCUT2D eigenvalue weighted by atomic mass is 9.88. The zero-order valence-corrected chi connectivity index (χ0v) is 12.8. The van der Waals surface area contributed by atoms with Crippen molar-refractivity contribution in [2.45, 2.75) is 26.7 Å². The van der Waals surface area contributed by atoms with Gasteiger partial charge < -0.3 is 10.5 Å². The maximum absolute atomic E-state index is 5.99. The molecule has 2 N–H and O–H groups in total. The Labute approximate surface area is 123 Å². The summed E-state index contributed by atoms with van der Waals surface area (Å²) in [6.07, 6.45) is 1.73. The van der Waals surface area contributed by atoms with Gasteiger partial charge in [-0.3, -0.25) is 0 Å². The molecule has 0 aromatic heterocycles. The summed E-state index contributed by atoms with van der Waals surface area (Å²) in [7, 11) is 0. The molecular formula is C13H17Cl2NOS. The molecule has 0 unspecified atom stereocenters. The maximum atomic E-state index is 5.99. The van der Waals surface area contributed by atoms with Gasteiger partial charge in [-0.15, -0.1) is 0 Å². The van der Waals surface area contributed by atoms with E-state index in [0.29, 0.717) is 27.4 Å². The molecule has 0 fully saturated rings. The second-order valence-electron chi connectivity index (χ2n) is 4.77. The Balaban J connectivity index is 2.43. The van der Waals surface area contributed by atoms with Crippen molar-refractivity contribution in [3.63, 3.8) is 0 Å². The average molecular weight is 306 g/mol. The Morgan fingerprint density at radius 3 is 2.67 bits per heavy atom. The Hall–Kier alpha value is -0.510. The van der Waals surface area contributed by atoms with Crippen molar-refractivity contribution in [3.8, 4) is 5.75 Å². The van der Waals surface area contributed by atoms with Crippen LogP contribution >= 0.6 is 35.4 Å². The molecule has 0 aliphatic carbocycles. The Kier molecular flexibility index (Phi) is 5.70.